The first-order valence-electron chi connectivity index (χ1n) is 25.1. The van der Waals surface area contributed by atoms with Gasteiger partial charge in [0.1, 0.15) is 36.3 Å². The lowest BCUT2D eigenvalue weighted by molar-refractivity contribution is -0.144. The van der Waals surface area contributed by atoms with Crippen LogP contribution in [0.2, 0.25) is 0 Å². The maximum atomic E-state index is 12.6. The third kappa shape index (κ3) is 41.0. The lowest BCUT2D eigenvalue weighted by Gasteiger charge is -2.21. The van der Waals surface area contributed by atoms with Gasteiger partial charge in [-0.1, -0.05) is 70.6 Å². The molecule has 0 bridgehead atoms. The van der Waals surface area contributed by atoms with Gasteiger partial charge in [-0.25, -0.2) is 0 Å². The molecule has 2 atom stereocenters. The summed E-state index contributed by atoms with van der Waals surface area (Å²) in [6.45, 7) is 6.27. The zero-order valence-corrected chi connectivity index (χ0v) is 41.7. The van der Waals surface area contributed by atoms with Crippen LogP contribution >= 0.6 is 0 Å². The second kappa shape index (κ2) is 42.0. The molecule has 0 rings (SSSR count). The van der Waals surface area contributed by atoms with Gasteiger partial charge in [-0.2, -0.15) is 0 Å². The summed E-state index contributed by atoms with van der Waals surface area (Å²) >= 11 is 0. The van der Waals surface area contributed by atoms with E-state index in [1.807, 2.05) is 0 Å². The Morgan fingerprint density at radius 2 is 0.985 bits per heavy atom. The van der Waals surface area contributed by atoms with Crippen LogP contribution in [0.3, 0.4) is 0 Å². The highest BCUT2D eigenvalue weighted by Gasteiger charge is 2.28. The zero-order valence-electron chi connectivity index (χ0n) is 41.7. The van der Waals surface area contributed by atoms with Crippen LogP contribution in [0.4, 0.5) is 0 Å². The van der Waals surface area contributed by atoms with E-state index in [-0.39, 0.29) is 145 Å². The first-order valence-corrected chi connectivity index (χ1v) is 25.1. The van der Waals surface area contributed by atoms with E-state index in [0.717, 1.165) is 57.8 Å². The van der Waals surface area contributed by atoms with Crippen molar-refractivity contribution >= 4 is 52.7 Å². The predicted molar refractivity (Wildman–Crippen MR) is 256 cm³/mol. The molecule has 68 heavy (non-hydrogen) atoms. The summed E-state index contributed by atoms with van der Waals surface area (Å²) in [6, 6.07) is 0. The summed E-state index contributed by atoms with van der Waals surface area (Å²) in [7, 11) is 0. The minimum absolute atomic E-state index is 0.0264. The minimum Gasteiger partial charge on any atom is -0.481 e. The van der Waals surface area contributed by atoms with E-state index >= 15 is 0 Å². The van der Waals surface area contributed by atoms with Crippen LogP contribution in [0, 0.1) is 11.8 Å². The molecule has 2 amide bonds. The molecule has 0 saturated heterocycles. The summed E-state index contributed by atoms with van der Waals surface area (Å²) in [5, 5.41) is 23.7. The maximum absolute atomic E-state index is 12.6. The third-order valence-electron chi connectivity index (χ3n) is 11.3. The number of hydrogen-bond donors (Lipinski definition) is 5. The van der Waals surface area contributed by atoms with Crippen molar-refractivity contribution in [1.29, 1.82) is 0 Å². The molecule has 0 aromatic rings. The van der Waals surface area contributed by atoms with Gasteiger partial charge in [-0.05, 0) is 59.3 Å². The number of hydrogen-bond acceptors (Lipinski definition) is 14. The van der Waals surface area contributed by atoms with Crippen LogP contribution in [-0.4, -0.2) is 134 Å². The van der Waals surface area contributed by atoms with Gasteiger partial charge < -0.3 is 50.3 Å². The lowest BCUT2D eigenvalue weighted by atomic mass is 9.85. The number of aliphatic carboxylic acids is 2. The highest BCUT2D eigenvalue weighted by molar-refractivity contribution is 5.93. The van der Waals surface area contributed by atoms with E-state index in [4.69, 9.17) is 29.8 Å². The first-order chi connectivity index (χ1) is 32.4. The second-order valence-electron chi connectivity index (χ2n) is 18.3. The lowest BCUT2D eigenvalue weighted by Crippen LogP contribution is -2.43. The molecule has 0 heterocycles. The number of carboxylic acids is 2. The summed E-state index contributed by atoms with van der Waals surface area (Å²) in [5.74, 6) is -4.38. The Hall–Kier alpha value is -3.97. The summed E-state index contributed by atoms with van der Waals surface area (Å²) < 4.78 is 21.5. The van der Waals surface area contributed by atoms with Crippen molar-refractivity contribution in [2.75, 3.05) is 65.9 Å². The van der Waals surface area contributed by atoms with E-state index < -0.39 is 29.3 Å². The van der Waals surface area contributed by atoms with Gasteiger partial charge in [0.25, 0.3) is 0 Å². The smallest absolute Gasteiger partial charge is 0.306 e. The van der Waals surface area contributed by atoms with Gasteiger partial charge in [0.05, 0.1) is 44.5 Å². The molecule has 392 valence electrons. The standard InChI is InChI=1S/C50H87N3O15/c1-39(54)23-26-44(57)40(36-45(58)50(2,3)51)19-16-17-27-52-46(59)37-68-34-32-66-30-28-53-47(60)38-67-33-31-65-29-18-21-42(55)25-24-41(49(63)64)35-43(56)20-14-12-10-8-6-4-5-7-9-11-13-15-22-48(61)62/h40-41H,4-38,51H2,1-3H3,(H,52,59)(H,53,60)(H,61,62)(H,63,64)/t40-,41-/m1/s1. The Balaban J connectivity index is 3.81. The number of carbonyl (C=O) groups is 9. The third-order valence-corrected chi connectivity index (χ3v) is 11.3. The van der Waals surface area contributed by atoms with Crippen LogP contribution in [0.5, 0.6) is 0 Å². The fourth-order valence-electron chi connectivity index (χ4n) is 7.13. The van der Waals surface area contributed by atoms with Crippen molar-refractivity contribution in [3.63, 3.8) is 0 Å². The largest absolute Gasteiger partial charge is 0.481 e. The van der Waals surface area contributed by atoms with Gasteiger partial charge in [-0.15, -0.1) is 0 Å². The van der Waals surface area contributed by atoms with Gasteiger partial charge in [-0.3, -0.25) is 38.4 Å². The Labute approximate surface area is 405 Å². The number of carboxylic acid groups (broad SMARTS) is 2. The van der Waals surface area contributed by atoms with Crippen LogP contribution in [-0.2, 0) is 62.1 Å². The number of ether oxygens (including phenoxy) is 4. The van der Waals surface area contributed by atoms with Crippen molar-refractivity contribution in [2.45, 2.75) is 187 Å². The van der Waals surface area contributed by atoms with E-state index in [9.17, 15) is 48.3 Å². The van der Waals surface area contributed by atoms with Crippen LogP contribution in [0.25, 0.3) is 0 Å². The molecule has 0 aliphatic rings. The highest BCUT2D eigenvalue weighted by Crippen LogP contribution is 2.21. The minimum atomic E-state index is -1.06. The number of nitrogens with one attached hydrogen (secondary N) is 2. The highest BCUT2D eigenvalue weighted by atomic mass is 16.5. The topological polar surface area (TPSA) is 281 Å². The first kappa shape index (κ1) is 64.0. The number of ketones is 5. The molecule has 0 unspecified atom stereocenters. The molecule has 6 N–H and O–H groups in total. The summed E-state index contributed by atoms with van der Waals surface area (Å²) in [5.41, 5.74) is 4.85. The monoisotopic (exact) mass is 970 g/mol. The molecule has 0 aliphatic heterocycles. The van der Waals surface area contributed by atoms with Crippen molar-refractivity contribution in [3.8, 4) is 0 Å². The number of nitrogens with two attached hydrogens (primary N) is 1. The van der Waals surface area contributed by atoms with E-state index in [0.29, 0.717) is 45.3 Å². The molecule has 0 aromatic heterocycles. The van der Waals surface area contributed by atoms with Crippen molar-refractivity contribution in [2.24, 2.45) is 17.6 Å². The Kier molecular flexibility index (Phi) is 39.5. The van der Waals surface area contributed by atoms with E-state index in [2.05, 4.69) is 10.6 Å². The molecule has 0 saturated carbocycles. The molecule has 0 aliphatic carbocycles. The summed E-state index contributed by atoms with van der Waals surface area (Å²) in [4.78, 5) is 108. The number of amides is 2. The van der Waals surface area contributed by atoms with Crippen LogP contribution < -0.4 is 16.4 Å². The van der Waals surface area contributed by atoms with Gasteiger partial charge >= 0.3 is 11.9 Å². The average Bonchev–Trinajstić information content (AvgIpc) is 3.27. The molecule has 0 aromatic carbocycles. The van der Waals surface area contributed by atoms with Gasteiger partial charge in [0.2, 0.25) is 11.8 Å². The normalized spacial score (nSPS) is 12.3. The fourth-order valence-corrected chi connectivity index (χ4v) is 7.13. The Morgan fingerprint density at radius 3 is 1.51 bits per heavy atom. The van der Waals surface area contributed by atoms with Gasteiger partial charge in [0, 0.05) is 77.0 Å². The van der Waals surface area contributed by atoms with Crippen molar-refractivity contribution < 1.29 is 72.3 Å². The van der Waals surface area contributed by atoms with E-state index in [1.54, 1.807) is 13.8 Å². The molecule has 0 fully saturated rings. The molecule has 0 radical (unpaired) electrons. The number of carbonyl (C=O) groups excluding carboxylic acids is 7. The number of rotatable bonds is 50. The summed E-state index contributed by atoms with van der Waals surface area (Å²) in [6.07, 6.45) is 15.9. The number of Topliss-reactive ketones (excluding diaryl/α,β-unsaturated/α-hetero) is 5. The molecular formula is C50H87N3O15. The Morgan fingerprint density at radius 1 is 0.485 bits per heavy atom. The second-order valence-corrected chi connectivity index (χ2v) is 18.3. The SMILES string of the molecule is CC(=O)CCC(=O)[C@H](CCCCNC(=O)COCCOCCNC(=O)COCCOCCCC(=O)CC[C@H](CC(=O)CCCCCCCCCCCCCCC(=O)O)C(=O)O)CC(=O)C(C)(C)N. The molecule has 18 nitrogen and oxygen atoms in total. The van der Waals surface area contributed by atoms with Crippen molar-refractivity contribution in [3.05, 3.63) is 0 Å². The van der Waals surface area contributed by atoms with Crippen LogP contribution in [0.15, 0.2) is 0 Å². The molecule has 0 spiro atoms. The van der Waals surface area contributed by atoms with Crippen molar-refractivity contribution in [1.82, 2.24) is 10.6 Å². The Bertz CT molecular complexity index is 1470. The zero-order chi connectivity index (χ0) is 50.8. The maximum Gasteiger partial charge on any atom is 0.306 e. The predicted octanol–water partition coefficient (Wildman–Crippen LogP) is 6.04. The average molecular weight is 970 g/mol. The molecule has 18 heteroatoms. The molecular weight excluding hydrogens is 883 g/mol. The quantitative estimate of drug-likeness (QED) is 0.0434. The van der Waals surface area contributed by atoms with E-state index in [1.165, 1.54) is 26.2 Å². The van der Waals surface area contributed by atoms with Gasteiger partial charge in [0.15, 0.2) is 5.78 Å². The number of unbranched alkanes of at least 4 members (excludes halogenated alkanes) is 12. The van der Waals surface area contributed by atoms with Crippen LogP contribution in [0.1, 0.15) is 181 Å². The fraction of sp³-hybridized carbons (Fsp3) is 0.820.